The van der Waals surface area contributed by atoms with Gasteiger partial charge in [-0.15, -0.1) is 0 Å². The molecule has 1 aromatic heterocycles. The number of aromatic nitrogens is 1. The van der Waals surface area contributed by atoms with Gasteiger partial charge < -0.3 is 10.1 Å². The van der Waals surface area contributed by atoms with Crippen molar-refractivity contribution < 1.29 is 9.13 Å². The molecule has 100 valence electrons. The zero-order valence-corrected chi connectivity index (χ0v) is 11.1. The quantitative estimate of drug-likeness (QED) is 0.893. The summed E-state index contributed by atoms with van der Waals surface area (Å²) >= 11 is 0. The first kappa shape index (κ1) is 13.5. The van der Waals surface area contributed by atoms with Gasteiger partial charge in [-0.2, -0.15) is 0 Å². The minimum Gasteiger partial charge on any atom is -0.436 e. The molecule has 0 amide bonds. The van der Waals surface area contributed by atoms with Crippen molar-refractivity contribution in [1.82, 2.24) is 10.3 Å². The molecule has 3 nitrogen and oxygen atoms in total. The predicted octanol–water partition coefficient (Wildman–Crippen LogP) is 3.51. The van der Waals surface area contributed by atoms with E-state index in [1.54, 1.807) is 24.4 Å². The summed E-state index contributed by atoms with van der Waals surface area (Å²) in [4.78, 5) is 4.16. The summed E-state index contributed by atoms with van der Waals surface area (Å²) in [6.45, 7) is 4.76. The first-order valence-electron chi connectivity index (χ1n) is 6.26. The Hall–Kier alpha value is -1.94. The molecule has 1 aromatic carbocycles. The molecule has 0 fully saturated rings. The first-order valence-corrected chi connectivity index (χ1v) is 6.26. The van der Waals surface area contributed by atoms with Crippen LogP contribution >= 0.6 is 0 Å². The summed E-state index contributed by atoms with van der Waals surface area (Å²) in [6, 6.07) is 10.4. The van der Waals surface area contributed by atoms with Crippen molar-refractivity contribution >= 4 is 0 Å². The third-order valence-electron chi connectivity index (χ3n) is 2.59. The summed E-state index contributed by atoms with van der Waals surface area (Å²) in [5.74, 6) is 0.226. The van der Waals surface area contributed by atoms with Gasteiger partial charge in [-0.3, -0.25) is 0 Å². The Bertz CT molecular complexity index is 543. The van der Waals surface area contributed by atoms with Gasteiger partial charge in [0.15, 0.2) is 11.6 Å². The topological polar surface area (TPSA) is 34.2 Å². The highest BCUT2D eigenvalue weighted by Crippen LogP contribution is 2.25. The number of nitrogens with zero attached hydrogens (tertiary/aromatic N) is 1. The van der Waals surface area contributed by atoms with Crippen LogP contribution in [0.4, 0.5) is 4.39 Å². The molecule has 0 atom stereocenters. The number of hydrogen-bond acceptors (Lipinski definition) is 3. The van der Waals surface area contributed by atoms with Crippen LogP contribution in [0.2, 0.25) is 0 Å². The average molecular weight is 260 g/mol. The Morgan fingerprint density at radius 1 is 1.21 bits per heavy atom. The molecule has 0 saturated carbocycles. The van der Waals surface area contributed by atoms with Crippen LogP contribution in [-0.2, 0) is 6.54 Å². The smallest absolute Gasteiger partial charge is 0.223 e. The molecule has 0 bridgehead atoms. The Morgan fingerprint density at radius 3 is 2.74 bits per heavy atom. The molecule has 0 aliphatic rings. The van der Waals surface area contributed by atoms with Gasteiger partial charge in [-0.1, -0.05) is 32.0 Å². The molecular formula is C15H17FN2O. The number of pyridine rings is 1. The molecule has 1 N–H and O–H groups in total. The number of halogens is 1. The van der Waals surface area contributed by atoms with E-state index >= 15 is 0 Å². The van der Waals surface area contributed by atoms with Crippen molar-refractivity contribution in [2.45, 2.75) is 26.4 Å². The lowest BCUT2D eigenvalue weighted by Gasteiger charge is -2.12. The number of rotatable bonds is 5. The lowest BCUT2D eigenvalue weighted by Crippen LogP contribution is -2.22. The van der Waals surface area contributed by atoms with Gasteiger partial charge in [-0.05, 0) is 18.2 Å². The van der Waals surface area contributed by atoms with E-state index in [4.69, 9.17) is 4.74 Å². The minimum absolute atomic E-state index is 0.187. The Labute approximate surface area is 112 Å². The maximum atomic E-state index is 13.6. The molecule has 0 spiro atoms. The summed E-state index contributed by atoms with van der Waals surface area (Å²) in [7, 11) is 0. The van der Waals surface area contributed by atoms with E-state index in [1.807, 2.05) is 12.1 Å². The van der Waals surface area contributed by atoms with E-state index in [0.717, 1.165) is 5.56 Å². The molecule has 19 heavy (non-hydrogen) atoms. The van der Waals surface area contributed by atoms with Crippen molar-refractivity contribution in [2.24, 2.45) is 0 Å². The molecule has 2 aromatic rings. The second-order valence-electron chi connectivity index (χ2n) is 4.54. The second-order valence-corrected chi connectivity index (χ2v) is 4.54. The summed E-state index contributed by atoms with van der Waals surface area (Å²) in [5.41, 5.74) is 0.902. The monoisotopic (exact) mass is 260 g/mol. The summed E-state index contributed by atoms with van der Waals surface area (Å²) in [5, 5.41) is 3.29. The highest BCUT2D eigenvalue weighted by atomic mass is 19.1. The van der Waals surface area contributed by atoms with E-state index < -0.39 is 5.82 Å². The first-order chi connectivity index (χ1) is 9.16. The van der Waals surface area contributed by atoms with Crippen molar-refractivity contribution in [3.05, 3.63) is 54.0 Å². The Kier molecular flexibility index (Phi) is 4.47. The van der Waals surface area contributed by atoms with Crippen LogP contribution in [-0.4, -0.2) is 11.0 Å². The summed E-state index contributed by atoms with van der Waals surface area (Å²) < 4.78 is 19.1. The maximum absolute atomic E-state index is 13.6. The Balaban J connectivity index is 2.18. The zero-order chi connectivity index (χ0) is 13.7. The van der Waals surface area contributed by atoms with Crippen molar-refractivity contribution in [3.8, 4) is 11.6 Å². The molecule has 4 heteroatoms. The summed E-state index contributed by atoms with van der Waals surface area (Å²) in [6.07, 6.45) is 1.63. The van der Waals surface area contributed by atoms with Gasteiger partial charge >= 0.3 is 0 Å². The van der Waals surface area contributed by atoms with Crippen LogP contribution in [0, 0.1) is 5.82 Å². The van der Waals surface area contributed by atoms with Crippen molar-refractivity contribution in [2.75, 3.05) is 0 Å². The van der Waals surface area contributed by atoms with Crippen LogP contribution in [0.25, 0.3) is 0 Å². The SMILES string of the molecule is CC(C)NCc1cccnc1Oc1ccccc1F. The molecule has 2 rings (SSSR count). The van der Waals surface area contributed by atoms with E-state index in [1.165, 1.54) is 6.07 Å². The Morgan fingerprint density at radius 2 is 2.00 bits per heavy atom. The van der Waals surface area contributed by atoms with Crippen molar-refractivity contribution in [1.29, 1.82) is 0 Å². The van der Waals surface area contributed by atoms with Gasteiger partial charge in [0.1, 0.15) is 0 Å². The fourth-order valence-corrected chi connectivity index (χ4v) is 1.60. The highest BCUT2D eigenvalue weighted by Gasteiger charge is 2.09. The molecular weight excluding hydrogens is 243 g/mol. The highest BCUT2D eigenvalue weighted by molar-refractivity contribution is 5.33. The van der Waals surface area contributed by atoms with Gasteiger partial charge in [-0.25, -0.2) is 9.37 Å². The molecule has 0 aliphatic carbocycles. The molecule has 0 aliphatic heterocycles. The van der Waals surface area contributed by atoms with Gasteiger partial charge in [0.25, 0.3) is 0 Å². The van der Waals surface area contributed by atoms with Crippen LogP contribution in [0.5, 0.6) is 11.6 Å². The van der Waals surface area contributed by atoms with Crippen LogP contribution in [0.15, 0.2) is 42.6 Å². The number of ether oxygens (including phenoxy) is 1. The molecule has 0 unspecified atom stereocenters. The van der Waals surface area contributed by atoms with E-state index in [9.17, 15) is 4.39 Å². The van der Waals surface area contributed by atoms with Crippen LogP contribution in [0.1, 0.15) is 19.4 Å². The maximum Gasteiger partial charge on any atom is 0.223 e. The van der Waals surface area contributed by atoms with E-state index in [-0.39, 0.29) is 5.75 Å². The number of hydrogen-bond donors (Lipinski definition) is 1. The predicted molar refractivity (Wildman–Crippen MR) is 72.7 cm³/mol. The van der Waals surface area contributed by atoms with Gasteiger partial charge in [0.2, 0.25) is 5.88 Å². The molecule has 0 radical (unpaired) electrons. The van der Waals surface area contributed by atoms with Crippen molar-refractivity contribution in [3.63, 3.8) is 0 Å². The van der Waals surface area contributed by atoms with E-state index in [0.29, 0.717) is 18.5 Å². The second kappa shape index (κ2) is 6.29. The largest absolute Gasteiger partial charge is 0.436 e. The van der Waals surface area contributed by atoms with Crippen LogP contribution < -0.4 is 10.1 Å². The third kappa shape index (κ3) is 3.76. The van der Waals surface area contributed by atoms with E-state index in [2.05, 4.69) is 24.1 Å². The lowest BCUT2D eigenvalue weighted by atomic mass is 10.2. The van der Waals surface area contributed by atoms with Crippen LogP contribution in [0.3, 0.4) is 0 Å². The number of para-hydroxylation sites is 1. The fourth-order valence-electron chi connectivity index (χ4n) is 1.60. The number of nitrogens with one attached hydrogen (secondary N) is 1. The van der Waals surface area contributed by atoms with Gasteiger partial charge in [0.05, 0.1) is 0 Å². The zero-order valence-electron chi connectivity index (χ0n) is 11.1. The number of benzene rings is 1. The lowest BCUT2D eigenvalue weighted by molar-refractivity contribution is 0.419. The molecule has 0 saturated heterocycles. The normalized spacial score (nSPS) is 10.7. The molecule has 1 heterocycles. The third-order valence-corrected chi connectivity index (χ3v) is 2.59. The minimum atomic E-state index is -0.393. The standard InChI is InChI=1S/C15H17FN2O/c1-11(2)18-10-12-6-5-9-17-15(12)19-14-8-4-3-7-13(14)16/h3-9,11,18H,10H2,1-2H3. The fraction of sp³-hybridized carbons (Fsp3) is 0.267. The van der Waals surface area contributed by atoms with Gasteiger partial charge in [0, 0.05) is 24.3 Å². The average Bonchev–Trinajstić information content (AvgIpc) is 2.40.